The number of aryl methyl sites for hydroxylation is 1. The molecule has 0 aliphatic rings. The maximum absolute atomic E-state index is 4.37. The summed E-state index contributed by atoms with van der Waals surface area (Å²) in [5, 5.41) is 3.63. The summed E-state index contributed by atoms with van der Waals surface area (Å²) in [6.45, 7) is 9.83. The van der Waals surface area contributed by atoms with Crippen molar-refractivity contribution in [3.05, 3.63) is 18.2 Å². The predicted octanol–water partition coefficient (Wildman–Crippen LogP) is 1.88. The van der Waals surface area contributed by atoms with Crippen LogP contribution < -0.4 is 5.32 Å². The highest BCUT2D eigenvalue weighted by Crippen LogP contribution is 2.06. The number of imidazole rings is 1. The first-order chi connectivity index (χ1) is 8.54. The van der Waals surface area contributed by atoms with Gasteiger partial charge in [-0.25, -0.2) is 4.98 Å². The summed E-state index contributed by atoms with van der Waals surface area (Å²) >= 11 is 0. The number of aromatic nitrogens is 2. The lowest BCUT2D eigenvalue weighted by molar-refractivity contribution is 0.243. The van der Waals surface area contributed by atoms with E-state index in [9.17, 15) is 0 Å². The van der Waals surface area contributed by atoms with Gasteiger partial charge in [0.2, 0.25) is 0 Å². The third kappa shape index (κ3) is 4.78. The molecular formula is C14H28N4. The van der Waals surface area contributed by atoms with Crippen molar-refractivity contribution < 1.29 is 0 Å². The summed E-state index contributed by atoms with van der Waals surface area (Å²) in [5.41, 5.74) is 0. The largest absolute Gasteiger partial charge is 0.337 e. The monoisotopic (exact) mass is 252 g/mol. The van der Waals surface area contributed by atoms with Crippen LogP contribution in [0.5, 0.6) is 0 Å². The van der Waals surface area contributed by atoms with Gasteiger partial charge in [0.05, 0.1) is 6.54 Å². The molecule has 0 spiro atoms. The van der Waals surface area contributed by atoms with Crippen molar-refractivity contribution in [2.75, 3.05) is 20.1 Å². The molecule has 0 saturated heterocycles. The van der Waals surface area contributed by atoms with Crippen molar-refractivity contribution in [3.8, 4) is 0 Å². The highest BCUT2D eigenvalue weighted by Gasteiger charge is 2.15. The van der Waals surface area contributed by atoms with Gasteiger partial charge in [0.15, 0.2) is 0 Å². The van der Waals surface area contributed by atoms with Crippen molar-refractivity contribution >= 4 is 0 Å². The molecule has 1 aromatic rings. The van der Waals surface area contributed by atoms with Gasteiger partial charge in [-0.2, -0.15) is 0 Å². The maximum atomic E-state index is 4.37. The fourth-order valence-electron chi connectivity index (χ4n) is 2.03. The molecule has 0 radical (unpaired) electrons. The van der Waals surface area contributed by atoms with E-state index in [2.05, 4.69) is 47.6 Å². The standard InChI is InChI=1S/C14H28N4/c1-6-7-15-13(12(2)3)10-17(4)11-14-16-8-9-18(14)5/h8-9,12-13,15H,6-7,10-11H2,1-5H3. The number of likely N-dealkylation sites (N-methyl/N-ethyl adjacent to an activating group) is 1. The SMILES string of the molecule is CCCNC(CN(C)Cc1nccn1C)C(C)C. The van der Waals surface area contributed by atoms with Crippen molar-refractivity contribution in [1.29, 1.82) is 0 Å². The van der Waals surface area contributed by atoms with Crippen molar-refractivity contribution in [1.82, 2.24) is 19.8 Å². The average Bonchev–Trinajstić information content (AvgIpc) is 2.70. The number of hydrogen-bond acceptors (Lipinski definition) is 3. The van der Waals surface area contributed by atoms with Gasteiger partial charge in [-0.3, -0.25) is 4.90 Å². The lowest BCUT2D eigenvalue weighted by atomic mass is 10.0. The minimum absolute atomic E-state index is 0.551. The number of rotatable bonds is 8. The van der Waals surface area contributed by atoms with E-state index in [1.807, 2.05) is 19.4 Å². The number of nitrogens with zero attached hydrogens (tertiary/aromatic N) is 3. The summed E-state index contributed by atoms with van der Waals surface area (Å²) in [5.74, 6) is 1.77. The van der Waals surface area contributed by atoms with Crippen LogP contribution in [0.1, 0.15) is 33.0 Å². The highest BCUT2D eigenvalue weighted by molar-refractivity contribution is 4.91. The molecule has 1 N–H and O–H groups in total. The molecule has 1 atom stereocenters. The zero-order chi connectivity index (χ0) is 13.5. The van der Waals surface area contributed by atoms with Crippen LogP contribution in [-0.4, -0.2) is 40.6 Å². The quantitative estimate of drug-likeness (QED) is 0.767. The van der Waals surface area contributed by atoms with E-state index >= 15 is 0 Å². The molecule has 1 heterocycles. The van der Waals surface area contributed by atoms with Gasteiger partial charge in [0.25, 0.3) is 0 Å². The first kappa shape index (κ1) is 15.2. The van der Waals surface area contributed by atoms with E-state index < -0.39 is 0 Å². The molecule has 1 rings (SSSR count). The van der Waals surface area contributed by atoms with Crippen LogP contribution in [0.3, 0.4) is 0 Å². The topological polar surface area (TPSA) is 33.1 Å². The molecule has 104 valence electrons. The summed E-state index contributed by atoms with van der Waals surface area (Å²) in [4.78, 5) is 6.71. The Kier molecular flexibility index (Phi) is 6.36. The second-order valence-electron chi connectivity index (χ2n) is 5.46. The Morgan fingerprint density at radius 1 is 1.44 bits per heavy atom. The average molecular weight is 252 g/mol. The van der Waals surface area contributed by atoms with Crippen LogP contribution in [0.2, 0.25) is 0 Å². The summed E-state index contributed by atoms with van der Waals surface area (Å²) in [6.07, 6.45) is 5.04. The molecule has 0 aliphatic heterocycles. The molecule has 0 fully saturated rings. The van der Waals surface area contributed by atoms with Crippen LogP contribution >= 0.6 is 0 Å². The molecule has 0 amide bonds. The first-order valence-electron chi connectivity index (χ1n) is 6.92. The van der Waals surface area contributed by atoms with Gasteiger partial charge in [0.1, 0.15) is 5.82 Å². The zero-order valence-corrected chi connectivity index (χ0v) is 12.5. The van der Waals surface area contributed by atoms with Crippen LogP contribution in [0.4, 0.5) is 0 Å². The molecule has 4 nitrogen and oxygen atoms in total. The highest BCUT2D eigenvalue weighted by atomic mass is 15.2. The fraction of sp³-hybridized carbons (Fsp3) is 0.786. The number of hydrogen-bond donors (Lipinski definition) is 1. The minimum atomic E-state index is 0.551. The molecule has 4 heteroatoms. The van der Waals surface area contributed by atoms with Crippen LogP contribution in [0.15, 0.2) is 12.4 Å². The Bertz CT molecular complexity index is 332. The van der Waals surface area contributed by atoms with E-state index in [0.29, 0.717) is 12.0 Å². The van der Waals surface area contributed by atoms with Crippen LogP contribution in [0, 0.1) is 5.92 Å². The van der Waals surface area contributed by atoms with E-state index in [1.165, 1.54) is 6.42 Å². The second kappa shape index (κ2) is 7.54. The predicted molar refractivity (Wildman–Crippen MR) is 76.5 cm³/mol. The fourth-order valence-corrected chi connectivity index (χ4v) is 2.03. The van der Waals surface area contributed by atoms with Gasteiger partial charge >= 0.3 is 0 Å². The number of nitrogens with one attached hydrogen (secondary N) is 1. The van der Waals surface area contributed by atoms with Gasteiger partial charge in [-0.15, -0.1) is 0 Å². The Morgan fingerprint density at radius 3 is 2.67 bits per heavy atom. The second-order valence-corrected chi connectivity index (χ2v) is 5.46. The molecule has 18 heavy (non-hydrogen) atoms. The van der Waals surface area contributed by atoms with Crippen molar-refractivity contribution in [2.24, 2.45) is 13.0 Å². The smallest absolute Gasteiger partial charge is 0.122 e. The van der Waals surface area contributed by atoms with Gasteiger partial charge in [0, 0.05) is 32.0 Å². The van der Waals surface area contributed by atoms with E-state index in [4.69, 9.17) is 0 Å². The van der Waals surface area contributed by atoms with Gasteiger partial charge in [-0.05, 0) is 25.9 Å². The molecule has 1 unspecified atom stereocenters. The van der Waals surface area contributed by atoms with Gasteiger partial charge < -0.3 is 9.88 Å². The first-order valence-corrected chi connectivity index (χ1v) is 6.92. The normalized spacial score (nSPS) is 13.5. The lowest BCUT2D eigenvalue weighted by Crippen LogP contribution is -2.43. The third-order valence-corrected chi connectivity index (χ3v) is 3.30. The summed E-state index contributed by atoms with van der Waals surface area (Å²) in [7, 11) is 4.21. The molecule has 0 bridgehead atoms. The van der Waals surface area contributed by atoms with E-state index in [-0.39, 0.29) is 0 Å². The van der Waals surface area contributed by atoms with Crippen LogP contribution in [0.25, 0.3) is 0 Å². The Hall–Kier alpha value is -0.870. The van der Waals surface area contributed by atoms with Gasteiger partial charge in [-0.1, -0.05) is 20.8 Å². The third-order valence-electron chi connectivity index (χ3n) is 3.30. The minimum Gasteiger partial charge on any atom is -0.337 e. The molecular weight excluding hydrogens is 224 g/mol. The Balaban J connectivity index is 2.45. The summed E-state index contributed by atoms with van der Waals surface area (Å²) in [6, 6.07) is 0.551. The van der Waals surface area contributed by atoms with Crippen molar-refractivity contribution in [3.63, 3.8) is 0 Å². The molecule has 0 saturated carbocycles. The van der Waals surface area contributed by atoms with Crippen molar-refractivity contribution in [2.45, 2.75) is 39.8 Å². The maximum Gasteiger partial charge on any atom is 0.122 e. The van der Waals surface area contributed by atoms with E-state index in [0.717, 1.165) is 25.5 Å². The van der Waals surface area contributed by atoms with Crippen LogP contribution in [-0.2, 0) is 13.6 Å². The zero-order valence-electron chi connectivity index (χ0n) is 12.5. The van der Waals surface area contributed by atoms with E-state index in [1.54, 1.807) is 0 Å². The molecule has 0 aromatic carbocycles. The Labute approximate surface area is 111 Å². The lowest BCUT2D eigenvalue weighted by Gasteiger charge is -2.27. The molecule has 0 aliphatic carbocycles. The molecule has 1 aromatic heterocycles. The summed E-state index contributed by atoms with van der Waals surface area (Å²) < 4.78 is 2.08. The Morgan fingerprint density at radius 2 is 2.17 bits per heavy atom.